The van der Waals surface area contributed by atoms with Crippen LogP contribution in [0.3, 0.4) is 0 Å². The third kappa shape index (κ3) is 2.36. The van der Waals surface area contributed by atoms with Crippen LogP contribution >= 0.6 is 15.9 Å². The minimum Gasteiger partial charge on any atom is -0.399 e. The van der Waals surface area contributed by atoms with Crippen molar-refractivity contribution in [2.45, 2.75) is 6.42 Å². The molecule has 0 spiro atoms. The molecular weight excluding hydrogens is 348 g/mol. The number of halogens is 1. The van der Waals surface area contributed by atoms with Crippen LogP contribution in [0.25, 0.3) is 22.1 Å². The van der Waals surface area contributed by atoms with Crippen LogP contribution in [-0.2, 0) is 6.42 Å². The van der Waals surface area contributed by atoms with E-state index in [0.717, 1.165) is 5.56 Å². The highest BCUT2D eigenvalue weighted by Crippen LogP contribution is 2.42. The summed E-state index contributed by atoms with van der Waals surface area (Å²) in [6.45, 7) is 0. The summed E-state index contributed by atoms with van der Waals surface area (Å²) in [5.74, 6) is -0.295. The first-order chi connectivity index (χ1) is 10.6. The Balaban J connectivity index is 2.39. The van der Waals surface area contributed by atoms with Gasteiger partial charge in [0.05, 0.1) is 17.0 Å². The lowest BCUT2D eigenvalue weighted by atomic mass is 10.0. The molecule has 0 saturated heterocycles. The van der Waals surface area contributed by atoms with E-state index in [0.29, 0.717) is 26.6 Å². The largest absolute Gasteiger partial charge is 0.442 e. The van der Waals surface area contributed by atoms with Gasteiger partial charge in [0.1, 0.15) is 10.5 Å². The van der Waals surface area contributed by atoms with Crippen molar-refractivity contribution < 1.29 is 9.34 Å². The SMILES string of the molecule is N#CCc1cc(Br)c2oc([N+](=O)[O-])c(-c3ccccc3)c2c1. The molecule has 0 aliphatic rings. The molecule has 22 heavy (non-hydrogen) atoms. The molecule has 1 heterocycles. The molecule has 0 fully saturated rings. The van der Waals surface area contributed by atoms with Gasteiger partial charge in [-0.25, -0.2) is 0 Å². The zero-order valence-electron chi connectivity index (χ0n) is 11.2. The summed E-state index contributed by atoms with van der Waals surface area (Å²) in [5, 5.41) is 20.8. The second kappa shape index (κ2) is 5.62. The predicted octanol–water partition coefficient (Wildman–Crippen LogP) is 4.84. The van der Waals surface area contributed by atoms with Gasteiger partial charge < -0.3 is 4.42 Å². The Hall–Kier alpha value is -2.65. The molecule has 0 atom stereocenters. The van der Waals surface area contributed by atoms with E-state index in [1.165, 1.54) is 0 Å². The molecule has 6 heteroatoms. The van der Waals surface area contributed by atoms with Crippen molar-refractivity contribution in [3.8, 4) is 17.2 Å². The number of benzene rings is 2. The van der Waals surface area contributed by atoms with Crippen molar-refractivity contribution in [2.24, 2.45) is 0 Å². The Morgan fingerprint density at radius 2 is 2.00 bits per heavy atom. The molecule has 0 radical (unpaired) electrons. The predicted molar refractivity (Wildman–Crippen MR) is 85.3 cm³/mol. The van der Waals surface area contributed by atoms with E-state index in [2.05, 4.69) is 22.0 Å². The zero-order chi connectivity index (χ0) is 15.7. The van der Waals surface area contributed by atoms with Crippen molar-refractivity contribution in [3.05, 3.63) is 62.6 Å². The number of fused-ring (bicyclic) bond motifs is 1. The molecular formula is C16H9BrN2O3. The topological polar surface area (TPSA) is 80.1 Å². The van der Waals surface area contributed by atoms with Crippen LogP contribution in [-0.4, -0.2) is 4.92 Å². The highest BCUT2D eigenvalue weighted by atomic mass is 79.9. The number of nitro groups is 1. The Labute approximate surface area is 134 Å². The molecule has 3 rings (SSSR count). The zero-order valence-corrected chi connectivity index (χ0v) is 12.8. The minimum atomic E-state index is -0.529. The first kappa shape index (κ1) is 14.3. The Kier molecular flexibility index (Phi) is 3.65. The van der Waals surface area contributed by atoms with E-state index in [9.17, 15) is 10.1 Å². The van der Waals surface area contributed by atoms with Crippen molar-refractivity contribution in [1.82, 2.24) is 0 Å². The molecule has 0 unspecified atom stereocenters. The summed E-state index contributed by atoms with van der Waals surface area (Å²) in [6, 6.07) is 14.6. The van der Waals surface area contributed by atoms with Crippen LogP contribution in [0, 0.1) is 21.4 Å². The molecule has 0 saturated carbocycles. The van der Waals surface area contributed by atoms with Gasteiger partial charge in [-0.1, -0.05) is 30.3 Å². The number of hydrogen-bond donors (Lipinski definition) is 0. The fourth-order valence-electron chi connectivity index (χ4n) is 2.41. The number of nitrogens with zero attached hydrogens (tertiary/aromatic N) is 2. The van der Waals surface area contributed by atoms with E-state index in [1.807, 2.05) is 18.2 Å². The smallest absolute Gasteiger partial charge is 0.399 e. The van der Waals surface area contributed by atoms with Crippen LogP contribution in [0.5, 0.6) is 0 Å². The van der Waals surface area contributed by atoms with E-state index in [4.69, 9.17) is 9.68 Å². The number of furan rings is 1. The van der Waals surface area contributed by atoms with E-state index in [1.54, 1.807) is 24.3 Å². The van der Waals surface area contributed by atoms with E-state index >= 15 is 0 Å². The highest BCUT2D eigenvalue weighted by Gasteiger charge is 2.26. The van der Waals surface area contributed by atoms with Crippen LogP contribution in [0.4, 0.5) is 5.88 Å². The molecule has 3 aromatic rings. The molecule has 0 aliphatic carbocycles. The maximum absolute atomic E-state index is 11.3. The lowest BCUT2D eigenvalue weighted by molar-refractivity contribution is -0.400. The molecule has 1 aromatic heterocycles. The van der Waals surface area contributed by atoms with Crippen molar-refractivity contribution in [2.75, 3.05) is 0 Å². The standard InChI is InChI=1S/C16H9BrN2O3/c17-13-9-10(6-7-18)8-12-14(11-4-2-1-3-5-11)16(19(20)21)22-15(12)13/h1-5,8-9H,6H2. The van der Waals surface area contributed by atoms with Gasteiger partial charge in [-0.3, -0.25) is 10.1 Å². The van der Waals surface area contributed by atoms with Gasteiger partial charge in [0.25, 0.3) is 0 Å². The van der Waals surface area contributed by atoms with E-state index in [-0.39, 0.29) is 12.3 Å². The monoisotopic (exact) mass is 356 g/mol. The van der Waals surface area contributed by atoms with Crippen molar-refractivity contribution in [1.29, 1.82) is 5.26 Å². The van der Waals surface area contributed by atoms with E-state index < -0.39 is 4.92 Å². The van der Waals surface area contributed by atoms with Crippen LogP contribution in [0.15, 0.2) is 51.4 Å². The first-order valence-electron chi connectivity index (χ1n) is 6.43. The molecule has 5 nitrogen and oxygen atoms in total. The quantitative estimate of drug-likeness (QED) is 0.496. The lowest BCUT2D eigenvalue weighted by Gasteiger charge is -2.00. The first-order valence-corrected chi connectivity index (χ1v) is 7.23. The van der Waals surface area contributed by atoms with Gasteiger partial charge in [0, 0.05) is 5.39 Å². The van der Waals surface area contributed by atoms with Crippen LogP contribution in [0.2, 0.25) is 0 Å². The average molecular weight is 357 g/mol. The number of rotatable bonds is 3. The summed E-state index contributed by atoms with van der Waals surface area (Å²) in [6.07, 6.45) is 0.224. The number of nitriles is 1. The van der Waals surface area contributed by atoms with Gasteiger partial charge in [0.2, 0.25) is 0 Å². The Morgan fingerprint density at radius 3 is 2.64 bits per heavy atom. The third-order valence-electron chi connectivity index (χ3n) is 3.30. The van der Waals surface area contributed by atoms with Gasteiger partial charge in [-0.05, 0) is 39.2 Å². The Bertz CT molecular complexity index is 911. The van der Waals surface area contributed by atoms with Crippen LogP contribution in [0.1, 0.15) is 5.56 Å². The Morgan fingerprint density at radius 1 is 1.27 bits per heavy atom. The summed E-state index contributed by atoms with van der Waals surface area (Å²) in [5.41, 5.74) is 2.32. The molecule has 2 aromatic carbocycles. The molecule has 0 amide bonds. The minimum absolute atomic E-state index is 0.224. The molecule has 108 valence electrons. The lowest BCUT2D eigenvalue weighted by Crippen LogP contribution is -1.88. The highest BCUT2D eigenvalue weighted by molar-refractivity contribution is 9.10. The normalized spacial score (nSPS) is 10.5. The summed E-state index contributed by atoms with van der Waals surface area (Å²) in [4.78, 5) is 10.8. The van der Waals surface area contributed by atoms with Crippen LogP contribution < -0.4 is 0 Å². The fraction of sp³-hybridized carbons (Fsp3) is 0.0625. The maximum Gasteiger partial charge on any atom is 0.442 e. The molecule has 0 aliphatic heterocycles. The second-order valence-corrected chi connectivity index (χ2v) is 5.55. The third-order valence-corrected chi connectivity index (χ3v) is 3.89. The van der Waals surface area contributed by atoms with Gasteiger partial charge in [0.15, 0.2) is 5.58 Å². The second-order valence-electron chi connectivity index (χ2n) is 4.69. The summed E-state index contributed by atoms with van der Waals surface area (Å²) < 4.78 is 6.05. The van der Waals surface area contributed by atoms with Gasteiger partial charge in [-0.15, -0.1) is 0 Å². The average Bonchev–Trinajstić information content (AvgIpc) is 2.89. The molecule has 0 N–H and O–H groups in total. The summed E-state index contributed by atoms with van der Waals surface area (Å²) in [7, 11) is 0. The summed E-state index contributed by atoms with van der Waals surface area (Å²) >= 11 is 3.36. The van der Waals surface area contributed by atoms with Gasteiger partial charge >= 0.3 is 5.88 Å². The fourth-order valence-corrected chi connectivity index (χ4v) is 3.00. The van der Waals surface area contributed by atoms with Crippen molar-refractivity contribution >= 4 is 32.8 Å². The number of hydrogen-bond acceptors (Lipinski definition) is 4. The van der Waals surface area contributed by atoms with Crippen molar-refractivity contribution in [3.63, 3.8) is 0 Å². The maximum atomic E-state index is 11.3. The molecule has 0 bridgehead atoms. The van der Waals surface area contributed by atoms with Gasteiger partial charge in [-0.2, -0.15) is 5.26 Å².